The number of hydrazone groups is 1. The zero-order valence-corrected chi connectivity index (χ0v) is 16.7. The summed E-state index contributed by atoms with van der Waals surface area (Å²) in [6.07, 6.45) is 1.48. The van der Waals surface area contributed by atoms with E-state index in [1.165, 1.54) is 23.9 Å². The third kappa shape index (κ3) is 4.10. The molecule has 1 heterocycles. The lowest BCUT2D eigenvalue weighted by Gasteiger charge is -2.11. The lowest BCUT2D eigenvalue weighted by Crippen LogP contribution is -2.18. The molecule has 0 aliphatic carbocycles. The van der Waals surface area contributed by atoms with Crippen molar-refractivity contribution in [3.63, 3.8) is 0 Å². The van der Waals surface area contributed by atoms with E-state index in [0.717, 1.165) is 27.7 Å². The van der Waals surface area contributed by atoms with Gasteiger partial charge in [0.25, 0.3) is 5.91 Å². The number of benzene rings is 3. The molecular formula is C25H20FN3O. The SMILES string of the molecule is Cc1ccc(-c2cc(C(=O)N/N=C\c3ccc(F)cc3)c3ccccc3n2)c(C)c1. The second-order valence-corrected chi connectivity index (χ2v) is 7.14. The molecule has 30 heavy (non-hydrogen) atoms. The fourth-order valence-corrected chi connectivity index (χ4v) is 3.38. The van der Waals surface area contributed by atoms with Crippen molar-refractivity contribution in [2.75, 3.05) is 0 Å². The fraction of sp³-hybridized carbons (Fsp3) is 0.0800. The zero-order chi connectivity index (χ0) is 21.1. The molecule has 1 amide bonds. The Labute approximate surface area is 174 Å². The van der Waals surface area contributed by atoms with E-state index in [1.54, 1.807) is 18.2 Å². The molecule has 0 radical (unpaired) electrons. The van der Waals surface area contributed by atoms with Crippen molar-refractivity contribution in [1.82, 2.24) is 10.4 Å². The van der Waals surface area contributed by atoms with Crippen LogP contribution in [0.25, 0.3) is 22.2 Å². The summed E-state index contributed by atoms with van der Waals surface area (Å²) in [6, 6.07) is 21.3. The number of hydrogen-bond acceptors (Lipinski definition) is 3. The van der Waals surface area contributed by atoms with Gasteiger partial charge in [-0.3, -0.25) is 4.79 Å². The maximum Gasteiger partial charge on any atom is 0.272 e. The van der Waals surface area contributed by atoms with E-state index in [4.69, 9.17) is 4.98 Å². The Morgan fingerprint density at radius 2 is 1.77 bits per heavy atom. The van der Waals surface area contributed by atoms with Crippen molar-refractivity contribution >= 4 is 23.0 Å². The first-order chi connectivity index (χ1) is 14.5. The lowest BCUT2D eigenvalue weighted by molar-refractivity contribution is 0.0956. The average Bonchev–Trinajstić information content (AvgIpc) is 2.74. The number of carbonyl (C=O) groups is 1. The van der Waals surface area contributed by atoms with Gasteiger partial charge in [0.2, 0.25) is 0 Å². The highest BCUT2D eigenvalue weighted by molar-refractivity contribution is 6.07. The Morgan fingerprint density at radius 1 is 1.00 bits per heavy atom. The fourth-order valence-electron chi connectivity index (χ4n) is 3.38. The van der Waals surface area contributed by atoms with Gasteiger partial charge in [0, 0.05) is 10.9 Å². The molecule has 5 heteroatoms. The lowest BCUT2D eigenvalue weighted by atomic mass is 9.99. The summed E-state index contributed by atoms with van der Waals surface area (Å²) in [4.78, 5) is 17.7. The standard InChI is InChI=1S/C25H20FN3O/c1-16-7-12-20(17(2)13-16)24-14-22(21-5-3-4-6-23(21)28-24)25(30)29-27-15-18-8-10-19(26)11-9-18/h3-15H,1-2H3,(H,29,30)/b27-15-. The van der Waals surface area contributed by atoms with E-state index in [1.807, 2.05) is 50.2 Å². The molecule has 3 aromatic carbocycles. The van der Waals surface area contributed by atoms with Gasteiger partial charge < -0.3 is 0 Å². The third-order valence-corrected chi connectivity index (χ3v) is 4.87. The van der Waals surface area contributed by atoms with E-state index in [9.17, 15) is 9.18 Å². The van der Waals surface area contributed by atoms with Crippen LogP contribution in [0, 0.1) is 19.7 Å². The smallest absolute Gasteiger partial charge is 0.267 e. The van der Waals surface area contributed by atoms with Gasteiger partial charge in [0.05, 0.1) is 23.0 Å². The van der Waals surface area contributed by atoms with Gasteiger partial charge in [0.15, 0.2) is 0 Å². The van der Waals surface area contributed by atoms with Crippen LogP contribution in [0.1, 0.15) is 27.0 Å². The van der Waals surface area contributed by atoms with E-state index in [0.29, 0.717) is 11.1 Å². The van der Waals surface area contributed by atoms with E-state index >= 15 is 0 Å². The first-order valence-electron chi connectivity index (χ1n) is 9.57. The molecule has 0 atom stereocenters. The van der Waals surface area contributed by atoms with Crippen LogP contribution >= 0.6 is 0 Å². The van der Waals surface area contributed by atoms with Crippen molar-refractivity contribution in [3.05, 3.63) is 101 Å². The molecule has 1 N–H and O–H groups in total. The number of carbonyl (C=O) groups excluding carboxylic acids is 1. The molecule has 0 spiro atoms. The predicted octanol–water partition coefficient (Wildman–Crippen LogP) is 5.42. The second-order valence-electron chi connectivity index (χ2n) is 7.14. The minimum absolute atomic E-state index is 0.321. The number of fused-ring (bicyclic) bond motifs is 1. The first kappa shape index (κ1) is 19.5. The Hall–Kier alpha value is -3.86. The van der Waals surface area contributed by atoms with Crippen LogP contribution in [-0.2, 0) is 0 Å². The van der Waals surface area contributed by atoms with Crippen LogP contribution in [0.3, 0.4) is 0 Å². The number of nitrogens with zero attached hydrogens (tertiary/aromatic N) is 2. The van der Waals surface area contributed by atoms with Gasteiger partial charge in [-0.25, -0.2) is 14.8 Å². The summed E-state index contributed by atoms with van der Waals surface area (Å²) in [7, 11) is 0. The van der Waals surface area contributed by atoms with Gasteiger partial charge in [-0.2, -0.15) is 5.10 Å². The molecule has 0 aliphatic rings. The Kier molecular flexibility index (Phi) is 5.35. The molecule has 0 saturated carbocycles. The topological polar surface area (TPSA) is 54.4 Å². The highest BCUT2D eigenvalue weighted by Crippen LogP contribution is 2.27. The van der Waals surface area contributed by atoms with Crippen molar-refractivity contribution in [1.29, 1.82) is 0 Å². The van der Waals surface area contributed by atoms with E-state index < -0.39 is 0 Å². The minimum atomic E-state index is -0.335. The summed E-state index contributed by atoms with van der Waals surface area (Å²) in [5, 5.41) is 4.77. The maximum atomic E-state index is 13.0. The molecular weight excluding hydrogens is 377 g/mol. The highest BCUT2D eigenvalue weighted by atomic mass is 19.1. The van der Waals surface area contributed by atoms with Crippen LogP contribution in [0.15, 0.2) is 77.9 Å². The number of halogens is 1. The molecule has 4 rings (SSSR count). The molecule has 0 bridgehead atoms. The number of aromatic nitrogens is 1. The van der Waals surface area contributed by atoms with Crippen LogP contribution < -0.4 is 5.43 Å². The predicted molar refractivity (Wildman–Crippen MR) is 118 cm³/mol. The summed E-state index contributed by atoms with van der Waals surface area (Å²) < 4.78 is 13.0. The summed E-state index contributed by atoms with van der Waals surface area (Å²) in [5.74, 6) is -0.656. The van der Waals surface area contributed by atoms with Crippen molar-refractivity contribution in [2.24, 2.45) is 5.10 Å². The van der Waals surface area contributed by atoms with Crippen LogP contribution in [0.5, 0.6) is 0 Å². The molecule has 148 valence electrons. The van der Waals surface area contributed by atoms with Crippen LogP contribution in [0.4, 0.5) is 4.39 Å². The molecule has 0 saturated heterocycles. The number of rotatable bonds is 4. The molecule has 0 fully saturated rings. The zero-order valence-electron chi connectivity index (χ0n) is 16.7. The highest BCUT2D eigenvalue weighted by Gasteiger charge is 2.14. The Bertz CT molecular complexity index is 1260. The summed E-state index contributed by atoms with van der Waals surface area (Å²) in [6.45, 7) is 4.08. The quantitative estimate of drug-likeness (QED) is 0.369. The molecule has 1 aromatic heterocycles. The molecule has 0 unspecified atom stereocenters. The Morgan fingerprint density at radius 3 is 2.53 bits per heavy atom. The second kappa shape index (κ2) is 8.25. The monoisotopic (exact) mass is 397 g/mol. The third-order valence-electron chi connectivity index (χ3n) is 4.87. The van der Waals surface area contributed by atoms with Gasteiger partial charge >= 0.3 is 0 Å². The molecule has 0 aliphatic heterocycles. The van der Waals surface area contributed by atoms with Crippen molar-refractivity contribution in [3.8, 4) is 11.3 Å². The maximum absolute atomic E-state index is 13.0. The van der Waals surface area contributed by atoms with Gasteiger partial charge in [-0.05, 0) is 49.2 Å². The van der Waals surface area contributed by atoms with Gasteiger partial charge in [-0.15, -0.1) is 0 Å². The normalized spacial score (nSPS) is 11.2. The van der Waals surface area contributed by atoms with E-state index in [-0.39, 0.29) is 11.7 Å². The number of nitrogens with one attached hydrogen (secondary N) is 1. The molecule has 4 nitrogen and oxygen atoms in total. The minimum Gasteiger partial charge on any atom is -0.267 e. The van der Waals surface area contributed by atoms with Crippen LogP contribution in [0.2, 0.25) is 0 Å². The largest absolute Gasteiger partial charge is 0.272 e. The number of pyridine rings is 1. The number of aryl methyl sites for hydroxylation is 2. The van der Waals surface area contributed by atoms with Crippen molar-refractivity contribution in [2.45, 2.75) is 13.8 Å². The summed E-state index contributed by atoms with van der Waals surface area (Å²) in [5.41, 5.74) is 8.47. The number of hydrogen-bond donors (Lipinski definition) is 1. The van der Waals surface area contributed by atoms with E-state index in [2.05, 4.69) is 16.6 Å². The number of para-hydroxylation sites is 1. The van der Waals surface area contributed by atoms with Crippen LogP contribution in [-0.4, -0.2) is 17.1 Å². The first-order valence-corrected chi connectivity index (χ1v) is 9.57. The van der Waals surface area contributed by atoms with Gasteiger partial charge in [0.1, 0.15) is 5.82 Å². The van der Waals surface area contributed by atoms with Crippen molar-refractivity contribution < 1.29 is 9.18 Å². The average molecular weight is 397 g/mol. The Balaban J connectivity index is 1.70. The van der Waals surface area contributed by atoms with Gasteiger partial charge in [-0.1, -0.05) is 54.1 Å². The summed E-state index contributed by atoms with van der Waals surface area (Å²) >= 11 is 0. The molecule has 4 aromatic rings. The number of amides is 1.